The summed E-state index contributed by atoms with van der Waals surface area (Å²) in [4.78, 5) is 7.10. The Morgan fingerprint density at radius 2 is 2.05 bits per heavy atom. The van der Waals surface area contributed by atoms with Gasteiger partial charge in [-0.15, -0.1) is 0 Å². The summed E-state index contributed by atoms with van der Waals surface area (Å²) in [6.07, 6.45) is 6.75. The van der Waals surface area contributed by atoms with E-state index in [9.17, 15) is 0 Å². The lowest BCUT2D eigenvalue weighted by Gasteiger charge is -2.47. The van der Waals surface area contributed by atoms with Crippen molar-refractivity contribution in [3.05, 3.63) is 28.5 Å². The van der Waals surface area contributed by atoms with Gasteiger partial charge < -0.3 is 10.2 Å². The Morgan fingerprint density at radius 3 is 2.74 bits per heavy atom. The zero-order valence-electron chi connectivity index (χ0n) is 11.5. The molecule has 3 nitrogen and oxygen atoms in total. The van der Waals surface area contributed by atoms with Crippen LogP contribution >= 0.6 is 15.9 Å². The predicted octanol–water partition coefficient (Wildman–Crippen LogP) is 2.95. The van der Waals surface area contributed by atoms with E-state index in [4.69, 9.17) is 0 Å². The molecule has 1 aromatic rings. The third kappa shape index (κ3) is 3.18. The van der Waals surface area contributed by atoms with Crippen LogP contribution in [0.5, 0.6) is 0 Å². The molecule has 2 atom stereocenters. The maximum Gasteiger partial charge on any atom is 0.106 e. The largest absolute Gasteiger partial charge is 0.308 e. The second-order valence-corrected chi connectivity index (χ2v) is 6.72. The van der Waals surface area contributed by atoms with Crippen molar-refractivity contribution >= 4 is 15.9 Å². The number of halogens is 1. The Hall–Kier alpha value is -0.450. The number of nitrogens with one attached hydrogen (secondary N) is 1. The van der Waals surface area contributed by atoms with Gasteiger partial charge >= 0.3 is 0 Å². The van der Waals surface area contributed by atoms with Crippen molar-refractivity contribution < 1.29 is 0 Å². The van der Waals surface area contributed by atoms with Gasteiger partial charge in [-0.1, -0.05) is 12.5 Å². The summed E-state index contributed by atoms with van der Waals surface area (Å²) >= 11 is 3.43. The first-order valence-corrected chi connectivity index (χ1v) is 8.08. The number of nitrogens with zero attached hydrogens (tertiary/aromatic N) is 2. The normalized spacial score (nSPS) is 31.4. The van der Waals surface area contributed by atoms with Gasteiger partial charge in [0.15, 0.2) is 0 Å². The average molecular weight is 324 g/mol. The van der Waals surface area contributed by atoms with Crippen molar-refractivity contribution in [3.8, 4) is 0 Å². The van der Waals surface area contributed by atoms with Crippen LogP contribution in [0.1, 0.15) is 37.8 Å². The van der Waals surface area contributed by atoms with Gasteiger partial charge in [-0.2, -0.15) is 0 Å². The standard InChI is InChI=1S/C15H22BrN3/c1-19-13-5-3-6-14(19)9-12(8-13)17-10-11-4-2-7-15(16)18-11/h2,4,7,12-14,17H,3,5-6,8-10H2,1H3. The van der Waals surface area contributed by atoms with Crippen molar-refractivity contribution in [2.45, 2.75) is 56.8 Å². The first-order chi connectivity index (χ1) is 9.22. The van der Waals surface area contributed by atoms with Gasteiger partial charge in [0, 0.05) is 24.7 Å². The second kappa shape index (κ2) is 5.90. The average Bonchev–Trinajstić information content (AvgIpc) is 2.37. The highest BCUT2D eigenvalue weighted by atomic mass is 79.9. The van der Waals surface area contributed by atoms with E-state index in [0.717, 1.165) is 28.9 Å². The zero-order chi connectivity index (χ0) is 13.2. The molecule has 19 heavy (non-hydrogen) atoms. The van der Waals surface area contributed by atoms with Gasteiger partial charge in [-0.3, -0.25) is 0 Å². The number of rotatable bonds is 3. The third-order valence-corrected chi connectivity index (χ3v) is 5.13. The van der Waals surface area contributed by atoms with Gasteiger partial charge in [0.1, 0.15) is 4.60 Å². The van der Waals surface area contributed by atoms with E-state index in [1.54, 1.807) is 0 Å². The van der Waals surface area contributed by atoms with Gasteiger partial charge in [0.05, 0.1) is 5.69 Å². The summed E-state index contributed by atoms with van der Waals surface area (Å²) in [7, 11) is 2.31. The van der Waals surface area contributed by atoms with Gasteiger partial charge in [0.2, 0.25) is 0 Å². The number of fused-ring (bicyclic) bond motifs is 2. The molecule has 0 spiro atoms. The van der Waals surface area contributed by atoms with Crippen molar-refractivity contribution in [1.82, 2.24) is 15.2 Å². The molecule has 0 saturated carbocycles. The lowest BCUT2D eigenvalue weighted by molar-refractivity contribution is 0.0481. The summed E-state index contributed by atoms with van der Waals surface area (Å²) in [5.74, 6) is 0. The Kier molecular flexibility index (Phi) is 4.20. The van der Waals surface area contributed by atoms with Crippen molar-refractivity contribution in [1.29, 1.82) is 0 Å². The molecular formula is C15H22BrN3. The minimum Gasteiger partial charge on any atom is -0.308 e. The topological polar surface area (TPSA) is 28.2 Å². The maximum absolute atomic E-state index is 4.49. The molecule has 3 rings (SSSR count). The number of aromatic nitrogens is 1. The molecule has 2 unspecified atom stereocenters. The Bertz CT molecular complexity index is 423. The summed E-state index contributed by atoms with van der Waals surface area (Å²) < 4.78 is 0.923. The quantitative estimate of drug-likeness (QED) is 0.867. The van der Waals surface area contributed by atoms with Crippen LogP contribution in [0.3, 0.4) is 0 Å². The molecule has 3 heterocycles. The van der Waals surface area contributed by atoms with Crippen LogP contribution in [0.4, 0.5) is 0 Å². The van der Waals surface area contributed by atoms with Crippen LogP contribution in [0, 0.1) is 0 Å². The Balaban J connectivity index is 1.56. The minimum absolute atomic E-state index is 0.660. The van der Waals surface area contributed by atoms with Gasteiger partial charge in [-0.05, 0) is 60.8 Å². The highest BCUT2D eigenvalue weighted by Gasteiger charge is 2.35. The van der Waals surface area contributed by atoms with Crippen LogP contribution in [0.2, 0.25) is 0 Å². The number of hydrogen-bond acceptors (Lipinski definition) is 3. The molecule has 2 saturated heterocycles. The van der Waals surface area contributed by atoms with E-state index >= 15 is 0 Å². The number of pyridine rings is 1. The molecule has 2 aliphatic heterocycles. The van der Waals surface area contributed by atoms with Crippen molar-refractivity contribution in [2.75, 3.05) is 7.05 Å². The van der Waals surface area contributed by atoms with Gasteiger partial charge in [0.25, 0.3) is 0 Å². The minimum atomic E-state index is 0.660. The van der Waals surface area contributed by atoms with Crippen LogP contribution in [0.15, 0.2) is 22.8 Å². The SMILES string of the molecule is CN1C2CCCC1CC(NCc1cccc(Br)n1)C2. The highest BCUT2D eigenvalue weighted by Crippen LogP contribution is 2.32. The molecule has 1 N–H and O–H groups in total. The Morgan fingerprint density at radius 1 is 1.32 bits per heavy atom. The summed E-state index contributed by atoms with van der Waals surface area (Å²) in [5, 5.41) is 3.70. The molecule has 0 aliphatic carbocycles. The summed E-state index contributed by atoms with van der Waals surface area (Å²) in [5.41, 5.74) is 1.12. The molecule has 2 fully saturated rings. The number of piperidine rings is 2. The van der Waals surface area contributed by atoms with E-state index in [1.165, 1.54) is 32.1 Å². The molecule has 1 aromatic heterocycles. The third-order valence-electron chi connectivity index (χ3n) is 4.68. The predicted molar refractivity (Wildman–Crippen MR) is 81.0 cm³/mol. The van der Waals surface area contributed by atoms with Gasteiger partial charge in [-0.25, -0.2) is 4.98 Å². The molecule has 2 bridgehead atoms. The molecule has 0 radical (unpaired) electrons. The fourth-order valence-corrected chi connectivity index (χ4v) is 3.96. The monoisotopic (exact) mass is 323 g/mol. The first-order valence-electron chi connectivity index (χ1n) is 7.29. The van der Waals surface area contributed by atoms with Crippen LogP contribution < -0.4 is 5.32 Å². The molecule has 104 valence electrons. The first kappa shape index (κ1) is 13.5. The van der Waals surface area contributed by atoms with E-state index in [1.807, 2.05) is 6.07 Å². The number of hydrogen-bond donors (Lipinski definition) is 1. The molecule has 4 heteroatoms. The van der Waals surface area contributed by atoms with E-state index in [2.05, 4.69) is 50.3 Å². The zero-order valence-corrected chi connectivity index (χ0v) is 13.1. The van der Waals surface area contributed by atoms with Crippen molar-refractivity contribution in [2.24, 2.45) is 0 Å². The van der Waals surface area contributed by atoms with Crippen LogP contribution in [-0.2, 0) is 6.54 Å². The summed E-state index contributed by atoms with van der Waals surface area (Å²) in [6, 6.07) is 8.36. The fraction of sp³-hybridized carbons (Fsp3) is 0.667. The molecule has 2 aliphatic rings. The molecule has 0 aromatic carbocycles. The van der Waals surface area contributed by atoms with Crippen LogP contribution in [0.25, 0.3) is 0 Å². The van der Waals surface area contributed by atoms with E-state index < -0.39 is 0 Å². The van der Waals surface area contributed by atoms with E-state index in [-0.39, 0.29) is 0 Å². The maximum atomic E-state index is 4.49. The summed E-state index contributed by atoms with van der Waals surface area (Å²) in [6.45, 7) is 0.882. The van der Waals surface area contributed by atoms with Crippen LogP contribution in [-0.4, -0.2) is 35.1 Å². The lowest BCUT2D eigenvalue weighted by atomic mass is 9.82. The lowest BCUT2D eigenvalue weighted by Crippen LogP contribution is -2.54. The molecule has 0 amide bonds. The second-order valence-electron chi connectivity index (χ2n) is 5.90. The van der Waals surface area contributed by atoms with E-state index in [0.29, 0.717) is 6.04 Å². The van der Waals surface area contributed by atoms with Crippen molar-refractivity contribution in [3.63, 3.8) is 0 Å². The molecular weight excluding hydrogens is 302 g/mol. The highest BCUT2D eigenvalue weighted by molar-refractivity contribution is 9.10. The fourth-order valence-electron chi connectivity index (χ4n) is 3.58. The Labute approximate surface area is 123 Å². The smallest absolute Gasteiger partial charge is 0.106 e.